The predicted octanol–water partition coefficient (Wildman–Crippen LogP) is 3.86. The average molecular weight is 281 g/mol. The quantitative estimate of drug-likeness (QED) is 0.770. The molecule has 0 aliphatic rings. The van der Waals surface area contributed by atoms with Crippen molar-refractivity contribution in [1.29, 1.82) is 0 Å². The Hall–Kier alpha value is -1.48. The van der Waals surface area contributed by atoms with Crippen molar-refractivity contribution in [3.63, 3.8) is 0 Å². The second-order valence-electron chi connectivity index (χ2n) is 3.26. The van der Waals surface area contributed by atoms with Gasteiger partial charge in [-0.3, -0.25) is 0 Å². The van der Waals surface area contributed by atoms with Gasteiger partial charge in [-0.25, -0.2) is 0 Å². The number of rotatable bonds is 0. The second-order valence-corrected chi connectivity index (χ2v) is 4.18. The van der Waals surface area contributed by atoms with Gasteiger partial charge >= 0.3 is 0 Å². The first-order valence-electron chi connectivity index (χ1n) is 4.78. The Morgan fingerprint density at radius 3 is 1.81 bits per heavy atom. The SMILES string of the molecule is Cc1ccccc1O.Oc1ccc(Br)cc1. The fourth-order valence-corrected chi connectivity index (χ4v) is 1.27. The summed E-state index contributed by atoms with van der Waals surface area (Å²) in [5.74, 6) is 0.667. The van der Waals surface area contributed by atoms with Gasteiger partial charge in [-0.2, -0.15) is 0 Å². The van der Waals surface area contributed by atoms with E-state index < -0.39 is 0 Å². The number of phenols is 2. The highest BCUT2D eigenvalue weighted by atomic mass is 79.9. The highest BCUT2D eigenvalue weighted by molar-refractivity contribution is 9.10. The summed E-state index contributed by atoms with van der Waals surface area (Å²) in [4.78, 5) is 0. The number of para-hydroxylation sites is 1. The van der Waals surface area contributed by atoms with Crippen LogP contribution < -0.4 is 0 Å². The zero-order valence-corrected chi connectivity index (χ0v) is 10.5. The summed E-state index contributed by atoms with van der Waals surface area (Å²) in [5, 5.41) is 17.7. The summed E-state index contributed by atoms with van der Waals surface area (Å²) >= 11 is 3.23. The van der Waals surface area contributed by atoms with Gasteiger partial charge in [-0.05, 0) is 42.8 Å². The molecule has 0 aromatic heterocycles. The molecular weight excluding hydrogens is 268 g/mol. The highest BCUT2D eigenvalue weighted by Crippen LogP contribution is 2.13. The highest BCUT2D eigenvalue weighted by Gasteiger charge is 1.87. The van der Waals surface area contributed by atoms with E-state index in [9.17, 15) is 0 Å². The van der Waals surface area contributed by atoms with Crippen molar-refractivity contribution in [3.8, 4) is 11.5 Å². The van der Waals surface area contributed by atoms with E-state index in [4.69, 9.17) is 10.2 Å². The molecule has 0 radical (unpaired) electrons. The molecule has 2 rings (SSSR count). The molecule has 2 N–H and O–H groups in total. The van der Waals surface area contributed by atoms with Crippen LogP contribution in [0.15, 0.2) is 53.0 Å². The molecule has 2 nitrogen and oxygen atoms in total. The van der Waals surface area contributed by atoms with Crippen molar-refractivity contribution in [3.05, 3.63) is 58.6 Å². The first-order chi connectivity index (χ1) is 7.59. The third kappa shape index (κ3) is 4.36. The monoisotopic (exact) mass is 280 g/mol. The van der Waals surface area contributed by atoms with Crippen LogP contribution in [0.5, 0.6) is 11.5 Å². The van der Waals surface area contributed by atoms with Crippen LogP contribution in [0.2, 0.25) is 0 Å². The molecule has 0 aliphatic carbocycles. The number of aryl methyl sites for hydroxylation is 1. The van der Waals surface area contributed by atoms with Gasteiger partial charge in [0.15, 0.2) is 0 Å². The Morgan fingerprint density at radius 1 is 0.875 bits per heavy atom. The van der Waals surface area contributed by atoms with Crippen molar-refractivity contribution < 1.29 is 10.2 Å². The number of halogens is 1. The van der Waals surface area contributed by atoms with Crippen LogP contribution in [0.4, 0.5) is 0 Å². The van der Waals surface area contributed by atoms with Crippen molar-refractivity contribution in [2.75, 3.05) is 0 Å². The van der Waals surface area contributed by atoms with E-state index in [2.05, 4.69) is 15.9 Å². The molecule has 16 heavy (non-hydrogen) atoms. The van der Waals surface area contributed by atoms with Gasteiger partial charge in [0.05, 0.1) is 0 Å². The molecule has 0 fully saturated rings. The van der Waals surface area contributed by atoms with Gasteiger partial charge in [0.2, 0.25) is 0 Å². The lowest BCUT2D eigenvalue weighted by Crippen LogP contribution is -1.68. The predicted molar refractivity (Wildman–Crippen MR) is 68.7 cm³/mol. The number of hydrogen-bond donors (Lipinski definition) is 2. The topological polar surface area (TPSA) is 40.5 Å². The van der Waals surface area contributed by atoms with Gasteiger partial charge in [0, 0.05) is 4.47 Å². The Kier molecular flexibility index (Phi) is 4.86. The van der Waals surface area contributed by atoms with Crippen LogP contribution in [0, 0.1) is 6.92 Å². The summed E-state index contributed by atoms with van der Waals surface area (Å²) < 4.78 is 0.982. The molecule has 0 amide bonds. The molecule has 0 heterocycles. The van der Waals surface area contributed by atoms with E-state index in [0.29, 0.717) is 11.5 Å². The lowest BCUT2D eigenvalue weighted by atomic mass is 10.2. The number of aromatic hydroxyl groups is 2. The lowest BCUT2D eigenvalue weighted by Gasteiger charge is -1.92. The molecule has 0 unspecified atom stereocenters. The van der Waals surface area contributed by atoms with Crippen molar-refractivity contribution in [1.82, 2.24) is 0 Å². The summed E-state index contributed by atoms with van der Waals surface area (Å²) in [5.41, 5.74) is 0.924. The molecule has 2 aromatic carbocycles. The van der Waals surface area contributed by atoms with Crippen LogP contribution in [-0.4, -0.2) is 10.2 Å². The van der Waals surface area contributed by atoms with Gasteiger partial charge < -0.3 is 10.2 Å². The van der Waals surface area contributed by atoms with Crippen LogP contribution in [0.25, 0.3) is 0 Å². The number of benzene rings is 2. The third-order valence-electron chi connectivity index (χ3n) is 1.94. The minimum atomic E-state index is 0.299. The van der Waals surface area contributed by atoms with Crippen LogP contribution in [0.3, 0.4) is 0 Å². The number of phenolic OH excluding ortho intramolecular Hbond substituents is 2. The summed E-state index contributed by atoms with van der Waals surface area (Å²) in [6, 6.07) is 14.1. The van der Waals surface area contributed by atoms with Crippen LogP contribution in [0.1, 0.15) is 5.56 Å². The zero-order valence-electron chi connectivity index (χ0n) is 8.89. The second kappa shape index (κ2) is 6.18. The minimum absolute atomic E-state index is 0.299. The Bertz CT molecular complexity index is 396. The first-order valence-corrected chi connectivity index (χ1v) is 5.58. The lowest BCUT2D eigenvalue weighted by molar-refractivity contribution is 0.471. The molecule has 0 aliphatic heterocycles. The van der Waals surface area contributed by atoms with Crippen molar-refractivity contribution in [2.45, 2.75) is 6.92 Å². The van der Waals surface area contributed by atoms with Crippen LogP contribution in [-0.2, 0) is 0 Å². The Labute approximate surface area is 103 Å². The fourth-order valence-electron chi connectivity index (χ4n) is 1.00. The van der Waals surface area contributed by atoms with Gasteiger partial charge in [0.25, 0.3) is 0 Å². The Morgan fingerprint density at radius 2 is 1.44 bits per heavy atom. The van der Waals surface area contributed by atoms with E-state index in [-0.39, 0.29) is 0 Å². The van der Waals surface area contributed by atoms with Gasteiger partial charge in [-0.1, -0.05) is 34.1 Å². The van der Waals surface area contributed by atoms with Crippen LogP contribution >= 0.6 is 15.9 Å². The summed E-state index contributed by atoms with van der Waals surface area (Å²) in [7, 11) is 0. The number of hydrogen-bond acceptors (Lipinski definition) is 2. The smallest absolute Gasteiger partial charge is 0.118 e. The van der Waals surface area contributed by atoms with E-state index in [0.717, 1.165) is 10.0 Å². The largest absolute Gasteiger partial charge is 0.508 e. The average Bonchev–Trinajstić information content (AvgIpc) is 2.28. The molecule has 0 atom stereocenters. The molecule has 0 spiro atoms. The maximum atomic E-state index is 8.92. The van der Waals surface area contributed by atoms with E-state index >= 15 is 0 Å². The normalized spacial score (nSPS) is 9.12. The standard InChI is InChI=1S/C7H8O.C6H5BrO/c1-6-4-2-3-5-7(6)8;7-5-1-3-6(8)4-2-5/h2-5,8H,1H3;1-4,8H. The molecule has 0 saturated heterocycles. The van der Waals surface area contributed by atoms with Crippen molar-refractivity contribution >= 4 is 15.9 Å². The molecule has 0 bridgehead atoms. The van der Waals surface area contributed by atoms with E-state index in [1.54, 1.807) is 30.3 Å². The minimum Gasteiger partial charge on any atom is -0.508 e. The van der Waals surface area contributed by atoms with E-state index in [1.807, 2.05) is 25.1 Å². The third-order valence-corrected chi connectivity index (χ3v) is 2.47. The van der Waals surface area contributed by atoms with Gasteiger partial charge in [-0.15, -0.1) is 0 Å². The fraction of sp³-hybridized carbons (Fsp3) is 0.0769. The molecule has 3 heteroatoms. The Balaban J connectivity index is 0.000000160. The summed E-state index contributed by atoms with van der Waals surface area (Å²) in [6.07, 6.45) is 0. The molecule has 2 aromatic rings. The maximum Gasteiger partial charge on any atom is 0.118 e. The first kappa shape index (κ1) is 12.6. The molecule has 0 saturated carbocycles. The summed E-state index contributed by atoms with van der Waals surface area (Å²) in [6.45, 7) is 1.87. The maximum absolute atomic E-state index is 8.92. The molecular formula is C13H13BrO2. The molecule has 84 valence electrons. The van der Waals surface area contributed by atoms with Gasteiger partial charge in [0.1, 0.15) is 11.5 Å². The van der Waals surface area contributed by atoms with Crippen molar-refractivity contribution in [2.24, 2.45) is 0 Å². The van der Waals surface area contributed by atoms with E-state index in [1.165, 1.54) is 0 Å². The zero-order chi connectivity index (χ0) is 12.0.